The molecule has 1 atom stereocenters. The number of hydrogen-bond donors (Lipinski definition) is 1. The monoisotopic (exact) mass is 201 g/mol. The molecule has 0 bridgehead atoms. The topological polar surface area (TPSA) is 26.0 Å². The van der Waals surface area contributed by atoms with Gasteiger partial charge in [0, 0.05) is 0 Å². The van der Waals surface area contributed by atoms with Crippen molar-refractivity contribution in [2.24, 2.45) is 5.73 Å². The third-order valence-electron chi connectivity index (χ3n) is 2.06. The van der Waals surface area contributed by atoms with E-state index in [1.54, 1.807) is 12.2 Å². The fourth-order valence-electron chi connectivity index (χ4n) is 1.29. The summed E-state index contributed by atoms with van der Waals surface area (Å²) in [4.78, 5) is 0. The van der Waals surface area contributed by atoms with Crippen molar-refractivity contribution in [3.63, 3.8) is 0 Å². The fourth-order valence-corrected chi connectivity index (χ4v) is 1.29. The van der Waals surface area contributed by atoms with Crippen LogP contribution in [0.4, 0.5) is 0 Å². The molecule has 0 aromatic heterocycles. The van der Waals surface area contributed by atoms with Crippen LogP contribution in [0.25, 0.3) is 0 Å². The molecule has 80 valence electrons. The molecule has 0 fully saturated rings. The molecule has 1 unspecified atom stereocenters. The van der Waals surface area contributed by atoms with Gasteiger partial charge in [-0.05, 0) is 11.1 Å². The van der Waals surface area contributed by atoms with Crippen LogP contribution >= 0.6 is 0 Å². The maximum Gasteiger partial charge on any atom is 0.0551 e. The van der Waals surface area contributed by atoms with Crippen molar-refractivity contribution in [3.05, 3.63) is 72.9 Å². The van der Waals surface area contributed by atoms with Gasteiger partial charge in [0.2, 0.25) is 0 Å². The Hall–Kier alpha value is -1.60. The average molecular weight is 201 g/mol. The Morgan fingerprint density at radius 2 is 1.80 bits per heavy atom. The number of benzene rings is 1. The minimum absolute atomic E-state index is 0. The number of nitrogens with two attached hydrogens (primary N) is 1. The maximum absolute atomic E-state index is 6.05. The summed E-state index contributed by atoms with van der Waals surface area (Å²) in [5.74, 6) is 0. The highest BCUT2D eigenvalue weighted by molar-refractivity contribution is 5.34. The van der Waals surface area contributed by atoms with Crippen molar-refractivity contribution in [1.29, 1.82) is 0 Å². The molecular weight excluding hydrogens is 182 g/mol. The van der Waals surface area contributed by atoms with Gasteiger partial charge in [-0.2, -0.15) is 0 Å². The van der Waals surface area contributed by atoms with E-state index in [0.29, 0.717) is 0 Å². The van der Waals surface area contributed by atoms with Gasteiger partial charge >= 0.3 is 0 Å². The predicted molar refractivity (Wildman–Crippen MR) is 68.6 cm³/mol. The van der Waals surface area contributed by atoms with Gasteiger partial charge in [0.1, 0.15) is 0 Å². The molecule has 0 saturated heterocycles. The van der Waals surface area contributed by atoms with Crippen LogP contribution in [0.3, 0.4) is 0 Å². The van der Waals surface area contributed by atoms with Crippen LogP contribution in [0.15, 0.2) is 67.3 Å². The van der Waals surface area contributed by atoms with Gasteiger partial charge in [-0.3, -0.25) is 0 Å². The molecule has 0 amide bonds. The van der Waals surface area contributed by atoms with Crippen LogP contribution in [0.2, 0.25) is 0 Å². The van der Waals surface area contributed by atoms with Gasteiger partial charge in [0.05, 0.1) is 6.04 Å². The van der Waals surface area contributed by atoms with Crippen molar-refractivity contribution in [3.8, 4) is 0 Å². The average Bonchev–Trinajstić information content (AvgIpc) is 2.26. The highest BCUT2D eigenvalue weighted by Crippen LogP contribution is 2.19. The van der Waals surface area contributed by atoms with Gasteiger partial charge in [-0.15, -0.1) is 0 Å². The zero-order valence-electron chi connectivity index (χ0n) is 8.19. The van der Waals surface area contributed by atoms with E-state index in [0.717, 1.165) is 11.1 Å². The summed E-state index contributed by atoms with van der Waals surface area (Å²) in [6.45, 7) is 7.37. The van der Waals surface area contributed by atoms with Crippen molar-refractivity contribution in [2.75, 3.05) is 0 Å². The Kier molecular flexibility index (Phi) is 6.07. The largest absolute Gasteiger partial charge is 0.320 e. The lowest BCUT2D eigenvalue weighted by Crippen LogP contribution is -2.11. The first-order chi connectivity index (χ1) is 6.79. The van der Waals surface area contributed by atoms with Gasteiger partial charge in [-0.25, -0.2) is 0 Å². The Bertz CT molecular complexity index is 336. The van der Waals surface area contributed by atoms with Gasteiger partial charge in [0.25, 0.3) is 0 Å². The molecule has 0 aliphatic carbocycles. The zero-order valence-corrected chi connectivity index (χ0v) is 8.19. The SMILES string of the molecule is C.C=C/C=C(\C=C)C(N)c1ccccc1. The summed E-state index contributed by atoms with van der Waals surface area (Å²) in [6, 6.07) is 9.82. The molecule has 0 aliphatic rings. The number of rotatable bonds is 4. The first kappa shape index (κ1) is 13.4. The molecule has 0 saturated carbocycles. The van der Waals surface area contributed by atoms with E-state index in [9.17, 15) is 0 Å². The molecule has 0 spiro atoms. The molecule has 1 heteroatoms. The van der Waals surface area contributed by atoms with Crippen molar-refractivity contribution in [1.82, 2.24) is 0 Å². The molecular formula is C14H19N. The van der Waals surface area contributed by atoms with E-state index < -0.39 is 0 Å². The zero-order chi connectivity index (χ0) is 10.4. The number of hydrogen-bond acceptors (Lipinski definition) is 1. The predicted octanol–water partition coefficient (Wildman–Crippen LogP) is 3.62. The number of allylic oxidation sites excluding steroid dienone is 2. The Morgan fingerprint density at radius 3 is 2.27 bits per heavy atom. The highest BCUT2D eigenvalue weighted by Gasteiger charge is 2.06. The van der Waals surface area contributed by atoms with Crippen molar-refractivity contribution >= 4 is 0 Å². The second-order valence-corrected chi connectivity index (χ2v) is 2.99. The summed E-state index contributed by atoms with van der Waals surface area (Å²) in [7, 11) is 0. The van der Waals surface area contributed by atoms with Crippen molar-refractivity contribution in [2.45, 2.75) is 13.5 Å². The van der Waals surface area contributed by atoms with Gasteiger partial charge in [0.15, 0.2) is 0 Å². The second-order valence-electron chi connectivity index (χ2n) is 2.99. The lowest BCUT2D eigenvalue weighted by molar-refractivity contribution is 0.871. The quantitative estimate of drug-likeness (QED) is 0.740. The fraction of sp³-hybridized carbons (Fsp3) is 0.143. The molecule has 1 nitrogen and oxygen atoms in total. The van der Waals surface area contributed by atoms with E-state index in [-0.39, 0.29) is 13.5 Å². The van der Waals surface area contributed by atoms with E-state index in [1.165, 1.54) is 0 Å². The second kappa shape index (κ2) is 6.80. The maximum atomic E-state index is 6.05. The normalized spacial score (nSPS) is 12.5. The summed E-state index contributed by atoms with van der Waals surface area (Å²) < 4.78 is 0. The standard InChI is InChI=1S/C13H15N.CH4/c1-3-8-11(4-2)13(14)12-9-6-5-7-10-12;/h3-10,13H,1-2,14H2;1H4/b11-8+;. The smallest absolute Gasteiger partial charge is 0.0551 e. The molecule has 1 rings (SSSR count). The first-order valence-electron chi connectivity index (χ1n) is 4.55. The molecule has 0 aliphatic heterocycles. The van der Waals surface area contributed by atoms with Crippen LogP contribution in [-0.2, 0) is 0 Å². The first-order valence-corrected chi connectivity index (χ1v) is 4.55. The summed E-state index contributed by atoms with van der Waals surface area (Å²) in [5.41, 5.74) is 8.11. The lowest BCUT2D eigenvalue weighted by atomic mass is 9.99. The molecule has 0 heterocycles. The third-order valence-corrected chi connectivity index (χ3v) is 2.06. The van der Waals surface area contributed by atoms with Crippen LogP contribution in [0.1, 0.15) is 19.0 Å². The Balaban J connectivity index is 0.00000196. The Labute approximate surface area is 92.6 Å². The molecule has 1 aromatic carbocycles. The van der Waals surface area contributed by atoms with Gasteiger partial charge in [-0.1, -0.05) is 69.1 Å². The summed E-state index contributed by atoms with van der Waals surface area (Å²) in [5, 5.41) is 0. The van der Waals surface area contributed by atoms with E-state index in [4.69, 9.17) is 5.73 Å². The van der Waals surface area contributed by atoms with Crippen LogP contribution in [0.5, 0.6) is 0 Å². The van der Waals surface area contributed by atoms with E-state index in [2.05, 4.69) is 13.2 Å². The minimum atomic E-state index is -0.119. The molecule has 0 radical (unpaired) electrons. The molecule has 2 N–H and O–H groups in total. The molecule has 1 aromatic rings. The van der Waals surface area contributed by atoms with Crippen LogP contribution in [0, 0.1) is 0 Å². The van der Waals surface area contributed by atoms with Crippen LogP contribution in [-0.4, -0.2) is 0 Å². The summed E-state index contributed by atoms with van der Waals surface area (Å²) >= 11 is 0. The minimum Gasteiger partial charge on any atom is -0.320 e. The lowest BCUT2D eigenvalue weighted by Gasteiger charge is -2.12. The Morgan fingerprint density at radius 1 is 1.20 bits per heavy atom. The third kappa shape index (κ3) is 3.56. The van der Waals surface area contributed by atoms with E-state index >= 15 is 0 Å². The van der Waals surface area contributed by atoms with Crippen molar-refractivity contribution < 1.29 is 0 Å². The molecule has 15 heavy (non-hydrogen) atoms. The summed E-state index contributed by atoms with van der Waals surface area (Å²) in [6.07, 6.45) is 5.36. The highest BCUT2D eigenvalue weighted by atomic mass is 14.6. The van der Waals surface area contributed by atoms with Gasteiger partial charge < -0.3 is 5.73 Å². The van der Waals surface area contributed by atoms with Crippen LogP contribution < -0.4 is 5.73 Å². The van der Waals surface area contributed by atoms with E-state index in [1.807, 2.05) is 36.4 Å².